The summed E-state index contributed by atoms with van der Waals surface area (Å²) in [6.07, 6.45) is 18.7. The van der Waals surface area contributed by atoms with E-state index in [9.17, 15) is 26.7 Å². The zero-order valence-electron chi connectivity index (χ0n) is 66.9. The second-order valence-corrected chi connectivity index (χ2v) is 34.2. The molecule has 8 nitrogen and oxygen atoms in total. The van der Waals surface area contributed by atoms with Crippen molar-refractivity contribution in [2.45, 2.75) is 76.6 Å². The van der Waals surface area contributed by atoms with Gasteiger partial charge < -0.3 is 29.0 Å². The minimum absolute atomic E-state index is 0.249. The van der Waals surface area contributed by atoms with E-state index in [0.29, 0.717) is 23.1 Å². The minimum Gasteiger partial charge on any atom is -0.508 e. The number of hydrogen-bond donors (Lipinski definition) is 3. The molecule has 16 aromatic carbocycles. The topological polar surface area (TPSA) is 123 Å². The summed E-state index contributed by atoms with van der Waals surface area (Å²) in [5.74, 6) is 2.77. The summed E-state index contributed by atoms with van der Waals surface area (Å²) in [5.41, 5.74) is 4.66. The van der Waals surface area contributed by atoms with E-state index in [-0.39, 0.29) is 19.0 Å². The van der Waals surface area contributed by atoms with Gasteiger partial charge >= 0.3 is 15.6 Å². The Kier molecular flexibility index (Phi) is 37.3. The van der Waals surface area contributed by atoms with Gasteiger partial charge in [-0.3, -0.25) is 0 Å². The van der Waals surface area contributed by atoms with Crippen molar-refractivity contribution in [2.24, 2.45) is 0 Å². The Hall–Kier alpha value is -9.62. The Morgan fingerprint density at radius 2 is 0.650 bits per heavy atom. The Morgan fingerprint density at radius 3 is 1.00 bits per heavy atom. The third kappa shape index (κ3) is 28.0. The van der Waals surface area contributed by atoms with Gasteiger partial charge in [-0.15, -0.1) is 12.3 Å². The second kappa shape index (κ2) is 47.5. The van der Waals surface area contributed by atoms with Crippen molar-refractivity contribution in [3.63, 3.8) is 0 Å². The molecule has 18 heteroatoms. The van der Waals surface area contributed by atoms with Gasteiger partial charge in [-0.05, 0) is 280 Å². The van der Waals surface area contributed by atoms with E-state index in [0.717, 1.165) is 73.6 Å². The lowest BCUT2D eigenvalue weighted by atomic mass is 9.97. The Bertz CT molecular complexity index is 6090. The van der Waals surface area contributed by atoms with Crippen LogP contribution in [0, 0.1) is 33.1 Å². The summed E-state index contributed by atoms with van der Waals surface area (Å²) in [6.45, 7) is 5.99. The van der Waals surface area contributed by atoms with Crippen molar-refractivity contribution in [3.8, 4) is 23.8 Å². The maximum absolute atomic E-state index is 12.3. The number of aryl methyl sites for hydroxylation is 5. The van der Waals surface area contributed by atoms with Crippen LogP contribution >= 0.6 is 95.6 Å². The van der Waals surface area contributed by atoms with Gasteiger partial charge in [0.15, 0.2) is 0 Å². The number of ether oxygens (including phenoxy) is 2. The first-order valence-corrected chi connectivity index (χ1v) is 44.9. The first-order chi connectivity index (χ1) is 57.8. The van der Waals surface area contributed by atoms with E-state index in [2.05, 4.69) is 301 Å². The molecule has 616 valence electrons. The van der Waals surface area contributed by atoms with E-state index in [1.807, 2.05) is 79.7 Å². The van der Waals surface area contributed by atoms with Crippen molar-refractivity contribution in [1.29, 1.82) is 0 Å². The molecule has 0 fully saturated rings. The Labute approximate surface area is 751 Å². The van der Waals surface area contributed by atoms with Crippen LogP contribution in [0.2, 0.25) is 0 Å². The van der Waals surface area contributed by atoms with Gasteiger partial charge in [0, 0.05) is 47.3 Å². The number of aliphatic hydroxyl groups excluding tert-OH is 2. The fourth-order valence-electron chi connectivity index (χ4n) is 12.8. The molecule has 0 aliphatic carbocycles. The summed E-state index contributed by atoms with van der Waals surface area (Å²) in [4.78, 5) is 0. The maximum atomic E-state index is 12.3. The molecule has 3 N–H and O–H groups in total. The summed E-state index contributed by atoms with van der Waals surface area (Å²) in [5, 5.41) is 46.8. The number of alkyl halides is 4. The van der Waals surface area contributed by atoms with Crippen LogP contribution in [0.15, 0.2) is 338 Å². The molecule has 16 rings (SSSR count). The number of aliphatic hydroxyl groups is 2. The van der Waals surface area contributed by atoms with E-state index in [1.54, 1.807) is 63.1 Å². The molecule has 0 heterocycles. The lowest BCUT2D eigenvalue weighted by molar-refractivity contribution is -0.0500. The summed E-state index contributed by atoms with van der Waals surface area (Å²) >= 11 is 21.3. The van der Waals surface area contributed by atoms with Crippen LogP contribution in [-0.2, 0) is 57.0 Å². The van der Waals surface area contributed by atoms with Gasteiger partial charge in [-0.1, -0.05) is 314 Å². The highest BCUT2D eigenvalue weighted by atomic mass is 79.9. The Morgan fingerprint density at radius 1 is 0.375 bits per heavy atom. The van der Waals surface area contributed by atoms with E-state index in [4.69, 9.17) is 26.1 Å². The third-order valence-electron chi connectivity index (χ3n) is 19.1. The van der Waals surface area contributed by atoms with E-state index < -0.39 is 15.6 Å². The van der Waals surface area contributed by atoms with Crippen LogP contribution in [0.4, 0.5) is 13.2 Å². The lowest BCUT2D eigenvalue weighted by Crippen LogP contribution is -2.28. The number of phenols is 1. The SMILES string of the molecule is BrCc1cc2ccccc2cc1Br.C#CCc1cc2ccccc2cc1CC=COC.COC=CCc1cc2ccccc2cc1Br.Cc1cc2ccccc2cc1Br.Cc1cc2ccccc2cc1O.Cc1cc2ccccc2cc1OS(=O)(=O)C(F)(F)F.OCCCc1cc2ccccc2cc1Br.OCCCc1cc2ccccc2cc1Br. The van der Waals surface area contributed by atoms with E-state index >= 15 is 0 Å². The third-order valence-corrected chi connectivity index (χ3v) is 24.5. The molecule has 0 saturated heterocycles. The van der Waals surface area contributed by atoms with Gasteiger partial charge in [0.05, 0.1) is 26.7 Å². The number of methoxy groups -OCH3 is 2. The fourth-order valence-corrected chi connectivity index (χ4v) is 16.7. The van der Waals surface area contributed by atoms with Crippen LogP contribution < -0.4 is 4.18 Å². The highest BCUT2D eigenvalue weighted by Gasteiger charge is 2.48. The predicted octanol–water partition coefficient (Wildman–Crippen LogP) is 29.7. The number of terminal acetylenes is 1. The quantitative estimate of drug-likeness (QED) is 0.0287. The highest BCUT2D eigenvalue weighted by Crippen LogP contribution is 2.35. The van der Waals surface area contributed by atoms with Crippen molar-refractivity contribution < 1.29 is 50.6 Å². The molecule has 16 aromatic rings. The fraction of sp³-hybridized carbons (Fsp3) is 0.157. The minimum atomic E-state index is -5.64. The van der Waals surface area contributed by atoms with Gasteiger partial charge in [-0.2, -0.15) is 21.6 Å². The van der Waals surface area contributed by atoms with Crippen molar-refractivity contribution in [1.82, 2.24) is 0 Å². The van der Waals surface area contributed by atoms with Gasteiger partial charge in [-0.25, -0.2) is 0 Å². The number of rotatable bonds is 16. The average molecular weight is 2010 g/mol. The number of hydrogen-bond acceptors (Lipinski definition) is 8. The van der Waals surface area contributed by atoms with Crippen LogP contribution in [0.25, 0.3) is 86.2 Å². The van der Waals surface area contributed by atoms with Crippen LogP contribution in [0.5, 0.6) is 11.5 Å². The first kappa shape index (κ1) is 94.2. The normalized spacial score (nSPS) is 11.0. The number of aromatic hydroxyl groups is 1. The van der Waals surface area contributed by atoms with Gasteiger partial charge in [0.25, 0.3) is 0 Å². The van der Waals surface area contributed by atoms with Crippen molar-refractivity contribution >= 4 is 192 Å². The molecule has 0 atom stereocenters. The summed E-state index contributed by atoms with van der Waals surface area (Å²) < 4.78 is 78.4. The molecule has 0 spiro atoms. The summed E-state index contributed by atoms with van der Waals surface area (Å²) in [6, 6.07) is 97.8. The number of halogens is 9. The molecule has 0 bridgehead atoms. The standard InChI is InChI=1S/C17H16O.C14H13BrO.2C13H13BrO.C12H9F3O3S.C11H8Br2.C11H9Br.C11H10O/c1-3-7-14-12-15-8-4-5-9-16(15)13-17(14)10-6-11-18-2;1-16-8-4-7-13-9-11-5-2-3-6-12(11)10-14(13)15;2*14-13-9-11-5-2-1-4-10(11)8-12(13)6-3-7-15;1-8-6-9-4-2-3-5-10(9)7-11(8)18-19(16,17)12(13,14)15;12-7-10-5-8-3-1-2-4-9(8)6-11(10)13;2*1-8-6-9-4-2-3-5-10(9)7-11(8)12/h1,4-6,8-9,11-13H,7,10H2,2H3;2-6,8-10H,7H2,1H3;2*1-2,4-5,8-9,15H,3,6-7H2;2-7H,1H3;1-6H,7H2;2-7H,1H3;2-7,12H,1H3. The van der Waals surface area contributed by atoms with Crippen LogP contribution in [0.1, 0.15) is 62.9 Å². The smallest absolute Gasteiger partial charge is 0.508 e. The number of allylic oxidation sites excluding steroid dienone is 2. The predicted molar refractivity (Wildman–Crippen MR) is 517 cm³/mol. The molecule has 0 radical (unpaired) electrons. The second-order valence-electron chi connectivity index (χ2n) is 27.8. The molecule has 0 aliphatic rings. The van der Waals surface area contributed by atoms with E-state index in [1.165, 1.54) is 131 Å². The number of benzene rings is 16. The van der Waals surface area contributed by atoms with Crippen LogP contribution in [-0.4, -0.2) is 56.7 Å². The zero-order valence-corrected chi connectivity index (χ0v) is 77.2. The van der Waals surface area contributed by atoms with Crippen LogP contribution in [0.3, 0.4) is 0 Å². The molecular formula is C102H91Br6F3O8S. The van der Waals surface area contributed by atoms with Crippen molar-refractivity contribution in [2.75, 3.05) is 27.4 Å². The maximum Gasteiger partial charge on any atom is 0.534 e. The largest absolute Gasteiger partial charge is 0.534 e. The molecule has 0 aromatic heterocycles. The summed E-state index contributed by atoms with van der Waals surface area (Å²) in [7, 11) is -2.33. The Balaban J connectivity index is 0.000000157. The molecule has 120 heavy (non-hydrogen) atoms. The van der Waals surface area contributed by atoms with Gasteiger partial charge in [0.1, 0.15) is 11.5 Å². The lowest BCUT2D eigenvalue weighted by Gasteiger charge is -2.12. The van der Waals surface area contributed by atoms with Crippen molar-refractivity contribution in [3.05, 3.63) is 388 Å². The number of phenolic OH excluding ortho intramolecular Hbond substituents is 1. The zero-order chi connectivity index (χ0) is 86.1. The molecule has 0 amide bonds. The molecule has 0 saturated carbocycles. The number of fused-ring (bicyclic) bond motifs is 8. The molecule has 0 unspecified atom stereocenters. The highest BCUT2D eigenvalue weighted by molar-refractivity contribution is 9.11. The van der Waals surface area contributed by atoms with Gasteiger partial charge in [0.2, 0.25) is 0 Å². The first-order valence-electron chi connectivity index (χ1n) is 38.4. The molecule has 0 aliphatic heterocycles. The molecular weight excluding hydrogens is 1920 g/mol. The average Bonchev–Trinajstić information content (AvgIpc) is 0.799. The monoisotopic (exact) mass is 2010 g/mol.